The molecule has 0 saturated heterocycles. The molecule has 0 aromatic carbocycles. The Morgan fingerprint density at radius 2 is 1.76 bits per heavy atom. The summed E-state index contributed by atoms with van der Waals surface area (Å²) < 4.78 is 0. The maximum absolute atomic E-state index is 12.2. The molecule has 3 heteroatoms. The van der Waals surface area contributed by atoms with Gasteiger partial charge in [-0.3, -0.25) is 4.79 Å². The standard InChI is InChI=1S/C14H30N2O/c1-6-13(7-2)16(11-12(4)5)14(17)9-10-15-8-3/h12-13,15H,6-11H2,1-5H3. The van der Waals surface area contributed by atoms with Crippen molar-refractivity contribution in [2.24, 2.45) is 5.92 Å². The van der Waals surface area contributed by atoms with Crippen molar-refractivity contribution in [1.29, 1.82) is 0 Å². The molecular formula is C14H30N2O. The van der Waals surface area contributed by atoms with E-state index in [1.165, 1.54) is 0 Å². The molecule has 0 unspecified atom stereocenters. The summed E-state index contributed by atoms with van der Waals surface area (Å²) >= 11 is 0. The second kappa shape index (κ2) is 9.46. The van der Waals surface area contributed by atoms with Crippen molar-refractivity contribution >= 4 is 5.91 Å². The average Bonchev–Trinajstić information content (AvgIpc) is 2.29. The number of hydrogen-bond acceptors (Lipinski definition) is 2. The van der Waals surface area contributed by atoms with Crippen LogP contribution in [0.2, 0.25) is 0 Å². The van der Waals surface area contributed by atoms with E-state index >= 15 is 0 Å². The van der Waals surface area contributed by atoms with E-state index in [0.717, 1.165) is 32.5 Å². The minimum Gasteiger partial charge on any atom is -0.339 e. The fourth-order valence-corrected chi connectivity index (χ4v) is 2.09. The van der Waals surface area contributed by atoms with E-state index in [4.69, 9.17) is 0 Å². The van der Waals surface area contributed by atoms with Crippen molar-refractivity contribution < 1.29 is 4.79 Å². The van der Waals surface area contributed by atoms with E-state index < -0.39 is 0 Å². The van der Waals surface area contributed by atoms with Crippen LogP contribution in [-0.4, -0.2) is 36.5 Å². The Bertz CT molecular complexity index is 200. The van der Waals surface area contributed by atoms with Crippen LogP contribution in [0, 0.1) is 5.92 Å². The lowest BCUT2D eigenvalue weighted by atomic mass is 10.1. The summed E-state index contributed by atoms with van der Waals surface area (Å²) in [6.45, 7) is 13.4. The largest absolute Gasteiger partial charge is 0.339 e. The zero-order chi connectivity index (χ0) is 13.3. The minimum atomic E-state index is 0.299. The van der Waals surface area contributed by atoms with E-state index in [1.807, 2.05) is 0 Å². The van der Waals surface area contributed by atoms with Gasteiger partial charge >= 0.3 is 0 Å². The third-order valence-electron chi connectivity index (χ3n) is 3.03. The van der Waals surface area contributed by atoms with Crippen molar-refractivity contribution in [3.05, 3.63) is 0 Å². The van der Waals surface area contributed by atoms with Gasteiger partial charge in [-0.2, -0.15) is 0 Å². The third kappa shape index (κ3) is 6.67. The maximum atomic E-state index is 12.2. The summed E-state index contributed by atoms with van der Waals surface area (Å²) in [4.78, 5) is 14.3. The summed E-state index contributed by atoms with van der Waals surface area (Å²) in [6, 6.07) is 0.409. The molecule has 0 saturated carbocycles. The fourth-order valence-electron chi connectivity index (χ4n) is 2.09. The molecule has 102 valence electrons. The van der Waals surface area contributed by atoms with Gasteiger partial charge in [0.1, 0.15) is 0 Å². The first kappa shape index (κ1) is 16.4. The highest BCUT2D eigenvalue weighted by molar-refractivity contribution is 5.76. The number of nitrogens with one attached hydrogen (secondary N) is 1. The first-order chi connectivity index (χ1) is 8.06. The Balaban J connectivity index is 4.38. The van der Waals surface area contributed by atoms with E-state index in [9.17, 15) is 4.79 Å². The molecule has 1 amide bonds. The number of nitrogens with zero attached hydrogens (tertiary/aromatic N) is 1. The first-order valence-corrected chi connectivity index (χ1v) is 7.06. The average molecular weight is 242 g/mol. The highest BCUT2D eigenvalue weighted by Crippen LogP contribution is 2.12. The molecule has 0 bridgehead atoms. The molecule has 0 aliphatic carbocycles. The number of carbonyl (C=O) groups excluding carboxylic acids is 1. The van der Waals surface area contributed by atoms with Gasteiger partial charge in [-0.1, -0.05) is 34.6 Å². The van der Waals surface area contributed by atoms with Crippen LogP contribution in [0.3, 0.4) is 0 Å². The van der Waals surface area contributed by atoms with Crippen LogP contribution in [0.25, 0.3) is 0 Å². The second-order valence-corrected chi connectivity index (χ2v) is 5.01. The normalized spacial score (nSPS) is 11.2. The molecule has 0 aliphatic heterocycles. The monoisotopic (exact) mass is 242 g/mol. The van der Waals surface area contributed by atoms with Crippen LogP contribution in [-0.2, 0) is 4.79 Å². The molecule has 0 aromatic heterocycles. The van der Waals surface area contributed by atoms with Gasteiger partial charge in [0.15, 0.2) is 0 Å². The maximum Gasteiger partial charge on any atom is 0.224 e. The molecule has 1 N–H and O–H groups in total. The van der Waals surface area contributed by atoms with E-state index in [2.05, 4.69) is 44.8 Å². The molecule has 0 aromatic rings. The SMILES string of the molecule is CCNCCC(=O)N(CC(C)C)C(CC)CC. The third-order valence-corrected chi connectivity index (χ3v) is 3.03. The molecule has 0 heterocycles. The van der Waals surface area contributed by atoms with Crippen LogP contribution >= 0.6 is 0 Å². The second-order valence-electron chi connectivity index (χ2n) is 5.01. The topological polar surface area (TPSA) is 32.3 Å². The van der Waals surface area contributed by atoms with Crippen LogP contribution in [0.4, 0.5) is 0 Å². The molecule has 0 fully saturated rings. The Morgan fingerprint density at radius 3 is 2.18 bits per heavy atom. The zero-order valence-corrected chi connectivity index (χ0v) is 12.3. The molecule has 3 nitrogen and oxygen atoms in total. The fraction of sp³-hybridized carbons (Fsp3) is 0.929. The number of hydrogen-bond donors (Lipinski definition) is 1. The first-order valence-electron chi connectivity index (χ1n) is 7.06. The zero-order valence-electron chi connectivity index (χ0n) is 12.3. The Morgan fingerprint density at radius 1 is 1.18 bits per heavy atom. The van der Waals surface area contributed by atoms with E-state index in [-0.39, 0.29) is 0 Å². The minimum absolute atomic E-state index is 0.299. The van der Waals surface area contributed by atoms with Gasteiger partial charge in [0.25, 0.3) is 0 Å². The van der Waals surface area contributed by atoms with Crippen molar-refractivity contribution in [2.75, 3.05) is 19.6 Å². The van der Waals surface area contributed by atoms with Crippen molar-refractivity contribution in [2.45, 2.75) is 59.9 Å². The number of carbonyl (C=O) groups is 1. The molecule has 17 heavy (non-hydrogen) atoms. The van der Waals surface area contributed by atoms with E-state index in [1.54, 1.807) is 0 Å². The predicted molar refractivity (Wildman–Crippen MR) is 74.1 cm³/mol. The van der Waals surface area contributed by atoms with Gasteiger partial charge in [0.05, 0.1) is 0 Å². The lowest BCUT2D eigenvalue weighted by molar-refractivity contribution is -0.134. The Hall–Kier alpha value is -0.570. The lowest BCUT2D eigenvalue weighted by Crippen LogP contribution is -2.43. The van der Waals surface area contributed by atoms with Crippen molar-refractivity contribution in [3.8, 4) is 0 Å². The summed E-state index contributed by atoms with van der Waals surface area (Å²) in [6.07, 6.45) is 2.73. The van der Waals surface area contributed by atoms with Crippen molar-refractivity contribution in [1.82, 2.24) is 10.2 Å². The molecular weight excluding hydrogens is 212 g/mol. The summed E-state index contributed by atoms with van der Waals surface area (Å²) in [5.41, 5.74) is 0. The lowest BCUT2D eigenvalue weighted by Gasteiger charge is -2.32. The van der Waals surface area contributed by atoms with Crippen LogP contribution in [0.15, 0.2) is 0 Å². The number of rotatable bonds is 9. The van der Waals surface area contributed by atoms with Gasteiger partial charge in [0.2, 0.25) is 5.91 Å². The van der Waals surface area contributed by atoms with Gasteiger partial charge in [0, 0.05) is 25.6 Å². The predicted octanol–water partition coefficient (Wildman–Crippen LogP) is 2.66. The molecule has 0 aliphatic rings. The molecule has 0 rings (SSSR count). The van der Waals surface area contributed by atoms with Gasteiger partial charge in [-0.25, -0.2) is 0 Å². The Labute approximate surface area is 107 Å². The molecule has 0 atom stereocenters. The van der Waals surface area contributed by atoms with Gasteiger partial charge in [-0.15, -0.1) is 0 Å². The van der Waals surface area contributed by atoms with Crippen LogP contribution < -0.4 is 5.32 Å². The summed E-state index contributed by atoms with van der Waals surface area (Å²) in [5.74, 6) is 0.840. The Kier molecular flexibility index (Phi) is 9.14. The van der Waals surface area contributed by atoms with Gasteiger partial charge < -0.3 is 10.2 Å². The summed E-state index contributed by atoms with van der Waals surface area (Å²) in [7, 11) is 0. The number of amides is 1. The quantitative estimate of drug-likeness (QED) is 0.630. The molecule has 0 radical (unpaired) electrons. The highest BCUT2D eigenvalue weighted by atomic mass is 16.2. The van der Waals surface area contributed by atoms with Crippen molar-refractivity contribution in [3.63, 3.8) is 0 Å². The summed E-state index contributed by atoms with van der Waals surface area (Å²) in [5, 5.41) is 3.21. The van der Waals surface area contributed by atoms with Crippen LogP contribution in [0.1, 0.15) is 53.9 Å². The highest BCUT2D eigenvalue weighted by Gasteiger charge is 2.21. The smallest absolute Gasteiger partial charge is 0.224 e. The van der Waals surface area contributed by atoms with E-state index in [0.29, 0.717) is 24.3 Å². The van der Waals surface area contributed by atoms with Crippen LogP contribution in [0.5, 0.6) is 0 Å². The molecule has 0 spiro atoms. The van der Waals surface area contributed by atoms with Gasteiger partial charge in [-0.05, 0) is 25.3 Å².